The summed E-state index contributed by atoms with van der Waals surface area (Å²) in [5.74, 6) is 0.801. The number of nitrogens with two attached hydrogens (primary N) is 1. The van der Waals surface area contributed by atoms with Gasteiger partial charge in [-0.2, -0.15) is 0 Å². The highest BCUT2D eigenvalue weighted by Crippen LogP contribution is 2.27. The second-order valence-electron chi connectivity index (χ2n) is 4.05. The number of anilines is 1. The van der Waals surface area contributed by atoms with Gasteiger partial charge in [-0.15, -0.1) is 0 Å². The first-order chi connectivity index (χ1) is 6.25. The molecule has 3 heteroatoms. The number of hydrogen-bond acceptors (Lipinski definition) is 2. The van der Waals surface area contributed by atoms with E-state index in [-0.39, 0.29) is 0 Å². The molecule has 0 amide bonds. The Bertz CT molecular complexity index is 249. The summed E-state index contributed by atoms with van der Waals surface area (Å²) in [4.78, 5) is 5.35. The zero-order chi connectivity index (χ0) is 9.26. The molecule has 0 bridgehead atoms. The van der Waals surface area contributed by atoms with Crippen LogP contribution in [0.4, 0.5) is 5.69 Å². The van der Waals surface area contributed by atoms with Crippen molar-refractivity contribution >= 4 is 5.69 Å². The predicted molar refractivity (Wildman–Crippen MR) is 54.8 cm³/mol. The van der Waals surface area contributed by atoms with Gasteiger partial charge in [-0.05, 0) is 24.8 Å². The Morgan fingerprint density at radius 2 is 2.38 bits per heavy atom. The molecule has 0 radical (unpaired) electrons. The van der Waals surface area contributed by atoms with Crippen LogP contribution in [0.15, 0.2) is 18.5 Å². The number of H-pyrrole nitrogens is 1. The van der Waals surface area contributed by atoms with Gasteiger partial charge in [0.2, 0.25) is 0 Å². The summed E-state index contributed by atoms with van der Waals surface area (Å²) >= 11 is 0. The molecule has 0 aromatic carbocycles. The van der Waals surface area contributed by atoms with Crippen LogP contribution in [0, 0.1) is 5.92 Å². The summed E-state index contributed by atoms with van der Waals surface area (Å²) in [6.07, 6.45) is 6.36. The minimum absolute atomic E-state index is 0.463. The number of aromatic amines is 1. The van der Waals surface area contributed by atoms with E-state index < -0.39 is 0 Å². The molecule has 1 saturated carbocycles. The average molecular weight is 179 g/mol. The summed E-state index contributed by atoms with van der Waals surface area (Å²) in [6.45, 7) is 1.13. The van der Waals surface area contributed by atoms with Gasteiger partial charge in [0.15, 0.2) is 0 Å². The van der Waals surface area contributed by atoms with Gasteiger partial charge in [0, 0.05) is 32.0 Å². The summed E-state index contributed by atoms with van der Waals surface area (Å²) in [5.41, 5.74) is 7.00. The highest BCUT2D eigenvalue weighted by atomic mass is 15.1. The van der Waals surface area contributed by atoms with Crippen molar-refractivity contribution in [1.29, 1.82) is 0 Å². The molecule has 1 aromatic heterocycles. The Labute approximate surface area is 78.9 Å². The van der Waals surface area contributed by atoms with E-state index in [0.29, 0.717) is 6.04 Å². The molecule has 0 unspecified atom stereocenters. The van der Waals surface area contributed by atoms with Crippen LogP contribution in [0.2, 0.25) is 0 Å². The van der Waals surface area contributed by atoms with Crippen LogP contribution in [0.1, 0.15) is 12.8 Å². The van der Waals surface area contributed by atoms with Crippen LogP contribution in [-0.4, -0.2) is 24.6 Å². The van der Waals surface area contributed by atoms with Gasteiger partial charge in [-0.3, -0.25) is 0 Å². The van der Waals surface area contributed by atoms with E-state index in [4.69, 9.17) is 5.73 Å². The number of hydrogen-bond donors (Lipinski definition) is 2. The first-order valence-electron chi connectivity index (χ1n) is 4.85. The van der Waals surface area contributed by atoms with Crippen molar-refractivity contribution in [3.63, 3.8) is 0 Å². The van der Waals surface area contributed by atoms with Gasteiger partial charge in [-0.1, -0.05) is 0 Å². The van der Waals surface area contributed by atoms with E-state index in [1.165, 1.54) is 18.5 Å². The lowest BCUT2D eigenvalue weighted by Crippen LogP contribution is -2.41. The molecule has 1 aromatic rings. The molecule has 3 N–H and O–H groups in total. The molecule has 0 saturated heterocycles. The Kier molecular flexibility index (Phi) is 2.27. The lowest BCUT2D eigenvalue weighted by Gasteiger charge is -2.35. The molecule has 0 atom stereocenters. The van der Waals surface area contributed by atoms with Crippen LogP contribution >= 0.6 is 0 Å². The van der Waals surface area contributed by atoms with Crippen molar-refractivity contribution < 1.29 is 0 Å². The quantitative estimate of drug-likeness (QED) is 0.732. The van der Waals surface area contributed by atoms with Crippen molar-refractivity contribution in [2.24, 2.45) is 11.7 Å². The maximum atomic E-state index is 5.74. The minimum atomic E-state index is 0.463. The maximum Gasteiger partial charge on any atom is 0.0541 e. The van der Waals surface area contributed by atoms with Gasteiger partial charge in [0.05, 0.1) is 5.69 Å². The maximum absolute atomic E-state index is 5.74. The monoisotopic (exact) mass is 179 g/mol. The third-order valence-corrected chi connectivity index (χ3v) is 2.83. The summed E-state index contributed by atoms with van der Waals surface area (Å²) in [6, 6.07) is 2.56. The molecule has 1 aliphatic rings. The number of aromatic nitrogens is 1. The molecule has 1 fully saturated rings. The van der Waals surface area contributed by atoms with Gasteiger partial charge in [0.1, 0.15) is 0 Å². The molecular weight excluding hydrogens is 162 g/mol. The Morgan fingerprint density at radius 1 is 1.62 bits per heavy atom. The Hall–Kier alpha value is -0.960. The highest BCUT2D eigenvalue weighted by molar-refractivity contribution is 5.43. The molecule has 3 nitrogen and oxygen atoms in total. The van der Waals surface area contributed by atoms with Crippen molar-refractivity contribution in [3.8, 4) is 0 Å². The van der Waals surface area contributed by atoms with E-state index in [1.807, 2.05) is 12.4 Å². The number of rotatable bonds is 3. The van der Waals surface area contributed by atoms with Gasteiger partial charge in [0.25, 0.3) is 0 Å². The molecule has 0 aliphatic heterocycles. The lowest BCUT2D eigenvalue weighted by molar-refractivity contribution is 0.271. The second kappa shape index (κ2) is 3.42. The van der Waals surface area contributed by atoms with Gasteiger partial charge < -0.3 is 15.6 Å². The van der Waals surface area contributed by atoms with Crippen molar-refractivity contribution in [2.75, 3.05) is 18.5 Å². The molecule has 72 valence electrons. The van der Waals surface area contributed by atoms with E-state index in [9.17, 15) is 0 Å². The van der Waals surface area contributed by atoms with E-state index in [2.05, 4.69) is 23.0 Å². The van der Waals surface area contributed by atoms with Crippen LogP contribution < -0.4 is 10.6 Å². The average Bonchev–Trinajstić information content (AvgIpc) is 2.53. The van der Waals surface area contributed by atoms with Crippen LogP contribution in [0.5, 0.6) is 0 Å². The molecule has 0 spiro atoms. The van der Waals surface area contributed by atoms with Crippen LogP contribution in [-0.2, 0) is 0 Å². The fourth-order valence-corrected chi connectivity index (χ4v) is 1.98. The third kappa shape index (κ3) is 1.86. The zero-order valence-electron chi connectivity index (χ0n) is 8.03. The van der Waals surface area contributed by atoms with Gasteiger partial charge in [-0.25, -0.2) is 0 Å². The first-order valence-corrected chi connectivity index (χ1v) is 4.85. The van der Waals surface area contributed by atoms with Crippen molar-refractivity contribution in [1.82, 2.24) is 4.98 Å². The number of nitrogens with one attached hydrogen (secondary N) is 1. The summed E-state index contributed by atoms with van der Waals surface area (Å²) in [5, 5.41) is 0. The minimum Gasteiger partial charge on any atom is -0.373 e. The topological polar surface area (TPSA) is 45.0 Å². The highest BCUT2D eigenvalue weighted by Gasteiger charge is 2.26. The fourth-order valence-electron chi connectivity index (χ4n) is 1.98. The van der Waals surface area contributed by atoms with Crippen LogP contribution in [0.25, 0.3) is 0 Å². The predicted octanol–water partition coefficient (Wildman–Crippen LogP) is 1.19. The molecular formula is C10H17N3. The third-order valence-electron chi connectivity index (χ3n) is 2.83. The second-order valence-corrected chi connectivity index (χ2v) is 4.05. The number of nitrogens with zero attached hydrogens (tertiary/aromatic N) is 1. The molecule has 2 rings (SSSR count). The van der Waals surface area contributed by atoms with E-state index in [0.717, 1.165) is 12.5 Å². The van der Waals surface area contributed by atoms with Gasteiger partial charge >= 0.3 is 0 Å². The van der Waals surface area contributed by atoms with Crippen molar-refractivity contribution in [3.05, 3.63) is 18.5 Å². The molecule has 13 heavy (non-hydrogen) atoms. The standard InChI is InChI=1S/C10H17N3/c1-13(10-2-3-12-6-10)7-8-4-9(11)5-8/h2-3,6,8-9,12H,4-5,7,11H2,1H3. The molecule has 1 aliphatic carbocycles. The fraction of sp³-hybridized carbons (Fsp3) is 0.600. The molecule has 1 heterocycles. The van der Waals surface area contributed by atoms with E-state index in [1.54, 1.807) is 0 Å². The Morgan fingerprint density at radius 3 is 2.92 bits per heavy atom. The largest absolute Gasteiger partial charge is 0.373 e. The lowest BCUT2D eigenvalue weighted by atomic mass is 9.80. The summed E-state index contributed by atoms with van der Waals surface area (Å²) in [7, 11) is 2.13. The van der Waals surface area contributed by atoms with Crippen LogP contribution in [0.3, 0.4) is 0 Å². The smallest absolute Gasteiger partial charge is 0.0541 e. The normalized spacial score (nSPS) is 26.9. The van der Waals surface area contributed by atoms with Crippen molar-refractivity contribution in [2.45, 2.75) is 18.9 Å². The Balaban J connectivity index is 1.82. The zero-order valence-corrected chi connectivity index (χ0v) is 8.03. The van der Waals surface area contributed by atoms with E-state index >= 15 is 0 Å². The summed E-state index contributed by atoms with van der Waals surface area (Å²) < 4.78 is 0. The first kappa shape index (κ1) is 8.63. The SMILES string of the molecule is CN(CC1CC(N)C1)c1cc[nH]c1.